The van der Waals surface area contributed by atoms with Gasteiger partial charge in [0, 0.05) is 24.3 Å². The van der Waals surface area contributed by atoms with Gasteiger partial charge >= 0.3 is 5.97 Å². The topological polar surface area (TPSA) is 130 Å². The lowest BCUT2D eigenvalue weighted by Gasteiger charge is -2.60. The van der Waals surface area contributed by atoms with Crippen LogP contribution in [0.25, 0.3) is 0 Å². The number of aliphatic hydroxyl groups excluding tert-OH is 1. The molecular weight excluding hydrogens is 474 g/mol. The van der Waals surface area contributed by atoms with E-state index in [1.54, 1.807) is 6.08 Å². The van der Waals surface area contributed by atoms with Crippen LogP contribution in [-0.2, 0) is 23.9 Å². The molecule has 0 bridgehead atoms. The fourth-order valence-corrected chi connectivity index (χ4v) is 8.15. The van der Waals surface area contributed by atoms with Crippen LogP contribution in [0, 0.1) is 28.6 Å². The van der Waals surface area contributed by atoms with Gasteiger partial charge in [-0.3, -0.25) is 19.2 Å². The van der Waals surface area contributed by atoms with Gasteiger partial charge < -0.3 is 20.3 Å². The third-order valence-electron chi connectivity index (χ3n) is 10.4. The molecule has 0 aliphatic heterocycles. The smallest absolute Gasteiger partial charge is 0.306 e. The van der Waals surface area contributed by atoms with Gasteiger partial charge in [-0.1, -0.05) is 26.3 Å². The third-order valence-corrected chi connectivity index (χ3v) is 10.4. The highest BCUT2D eigenvalue weighted by Gasteiger charge is 2.68. The van der Waals surface area contributed by atoms with Gasteiger partial charge in [-0.15, -0.1) is 0 Å². The number of amides is 1. The number of rotatable bonds is 8. The van der Waals surface area contributed by atoms with Gasteiger partial charge in [0.1, 0.15) is 5.60 Å². The van der Waals surface area contributed by atoms with Crippen molar-refractivity contribution < 1.29 is 34.1 Å². The van der Waals surface area contributed by atoms with E-state index in [9.17, 15) is 29.4 Å². The Labute approximate surface area is 219 Å². The number of nitrogens with one attached hydrogen (secondary N) is 1. The molecule has 0 aromatic carbocycles. The maximum atomic E-state index is 13.3. The molecule has 206 valence electrons. The van der Waals surface area contributed by atoms with E-state index in [1.165, 1.54) is 0 Å². The Balaban J connectivity index is 1.41. The van der Waals surface area contributed by atoms with Gasteiger partial charge in [-0.25, -0.2) is 0 Å². The molecule has 3 saturated carbocycles. The molecule has 0 heterocycles. The number of Topliss-reactive ketones (excluding diaryl/α,β-unsaturated/α-hetero) is 1. The Morgan fingerprint density at radius 3 is 2.59 bits per heavy atom. The molecule has 1 amide bonds. The first kappa shape index (κ1) is 28.0. The van der Waals surface area contributed by atoms with Gasteiger partial charge in [-0.2, -0.15) is 0 Å². The summed E-state index contributed by atoms with van der Waals surface area (Å²) in [4.78, 5) is 49.5. The number of esters is 1. The van der Waals surface area contributed by atoms with Crippen molar-refractivity contribution in [3.63, 3.8) is 0 Å². The lowest BCUT2D eigenvalue weighted by Crippen LogP contribution is -2.62. The molecule has 4 aliphatic rings. The summed E-state index contributed by atoms with van der Waals surface area (Å²) in [6, 6.07) is 0.0239. The number of ketones is 2. The van der Waals surface area contributed by atoms with E-state index in [4.69, 9.17) is 4.74 Å². The first-order chi connectivity index (χ1) is 17.4. The van der Waals surface area contributed by atoms with Crippen molar-refractivity contribution in [2.75, 3.05) is 6.61 Å². The summed E-state index contributed by atoms with van der Waals surface area (Å²) >= 11 is 0. The van der Waals surface area contributed by atoms with Gasteiger partial charge in [0.2, 0.25) is 11.7 Å². The van der Waals surface area contributed by atoms with Crippen molar-refractivity contribution >= 4 is 23.4 Å². The molecule has 8 nitrogen and oxygen atoms in total. The van der Waals surface area contributed by atoms with E-state index in [0.717, 1.165) is 31.3 Å². The number of allylic oxidation sites excluding steroid dienone is 1. The van der Waals surface area contributed by atoms with E-state index >= 15 is 0 Å². The predicted octanol–water partition coefficient (Wildman–Crippen LogP) is 3.03. The summed E-state index contributed by atoms with van der Waals surface area (Å²) in [5.41, 5.74) is -1.60. The Bertz CT molecular complexity index is 991. The van der Waals surface area contributed by atoms with E-state index < -0.39 is 35.5 Å². The maximum absolute atomic E-state index is 13.3. The quantitative estimate of drug-likeness (QED) is 0.422. The molecule has 0 aromatic rings. The number of hydrogen-bond donors (Lipinski definition) is 3. The van der Waals surface area contributed by atoms with Crippen LogP contribution in [0.2, 0.25) is 0 Å². The van der Waals surface area contributed by atoms with Crippen LogP contribution < -0.4 is 5.32 Å². The molecule has 0 radical (unpaired) electrons. The van der Waals surface area contributed by atoms with Crippen LogP contribution in [-0.4, -0.2) is 58.0 Å². The van der Waals surface area contributed by atoms with Crippen molar-refractivity contribution in [3.05, 3.63) is 11.6 Å². The number of ether oxygens (including phenoxy) is 1. The summed E-state index contributed by atoms with van der Waals surface area (Å²) < 4.78 is 5.19. The van der Waals surface area contributed by atoms with Crippen molar-refractivity contribution in [2.45, 2.75) is 110 Å². The van der Waals surface area contributed by atoms with Gasteiger partial charge in [-0.05, 0) is 81.1 Å². The second-order valence-corrected chi connectivity index (χ2v) is 12.4. The highest BCUT2D eigenvalue weighted by atomic mass is 16.5. The Kier molecular flexibility index (Phi) is 7.75. The number of hydrogen-bond acceptors (Lipinski definition) is 7. The van der Waals surface area contributed by atoms with E-state index in [0.29, 0.717) is 19.3 Å². The third kappa shape index (κ3) is 4.80. The molecule has 0 aromatic heterocycles. The van der Waals surface area contributed by atoms with Crippen LogP contribution in [0.5, 0.6) is 0 Å². The minimum atomic E-state index is -1.68. The van der Waals surface area contributed by atoms with Crippen LogP contribution in [0.1, 0.15) is 91.9 Å². The SMILES string of the molecule is CC[C@@H](C)NC(=O)CCC(=O)OCC(=O)[C@@]1(O)CC[C@H]2[C@@H]3CCC4=CC(=O)CC[C@]4(C)[C@H]3[C@H](O)C[C@@]21C. The standard InChI is InChI=1S/C29H43NO7/c1-5-17(2)30-24(34)8-9-25(35)37-16-23(33)29(36)13-11-21-20-7-6-18-14-19(31)10-12-27(18,3)26(20)22(32)15-28(21,29)4/h14,17,20-22,26,32,36H,5-13,15-16H2,1-4H3,(H,30,34)/t17-,20+,21+,22-,26-,27+,28+,29+/m1/s1. The van der Waals surface area contributed by atoms with Crippen molar-refractivity contribution in [3.8, 4) is 0 Å². The molecule has 4 aliphatic carbocycles. The fraction of sp³-hybridized carbons (Fsp3) is 0.793. The first-order valence-electron chi connectivity index (χ1n) is 14.0. The number of carbonyl (C=O) groups is 4. The number of fused-ring (bicyclic) bond motifs is 5. The number of aliphatic hydroxyl groups is 2. The molecule has 3 N–H and O–H groups in total. The van der Waals surface area contributed by atoms with E-state index in [1.807, 2.05) is 20.8 Å². The number of carbonyl (C=O) groups excluding carboxylic acids is 4. The van der Waals surface area contributed by atoms with Crippen molar-refractivity contribution in [2.24, 2.45) is 28.6 Å². The van der Waals surface area contributed by atoms with Gasteiger partial charge in [0.15, 0.2) is 12.4 Å². The zero-order valence-corrected chi connectivity index (χ0v) is 22.7. The Morgan fingerprint density at radius 1 is 1.16 bits per heavy atom. The van der Waals surface area contributed by atoms with Crippen molar-refractivity contribution in [1.82, 2.24) is 5.32 Å². The predicted molar refractivity (Wildman–Crippen MR) is 136 cm³/mol. The monoisotopic (exact) mass is 517 g/mol. The molecule has 0 spiro atoms. The van der Waals surface area contributed by atoms with Crippen LogP contribution in [0.3, 0.4) is 0 Å². The highest BCUT2D eigenvalue weighted by molar-refractivity contribution is 5.92. The minimum Gasteiger partial charge on any atom is -0.458 e. The lowest BCUT2D eigenvalue weighted by molar-refractivity contribution is -0.184. The summed E-state index contributed by atoms with van der Waals surface area (Å²) in [7, 11) is 0. The molecule has 0 unspecified atom stereocenters. The fourth-order valence-electron chi connectivity index (χ4n) is 8.15. The molecule has 8 heteroatoms. The Morgan fingerprint density at radius 2 is 1.89 bits per heavy atom. The minimum absolute atomic E-state index is 0.00414. The van der Waals surface area contributed by atoms with E-state index in [-0.39, 0.29) is 60.2 Å². The summed E-state index contributed by atoms with van der Waals surface area (Å²) in [6.07, 6.45) is 5.82. The highest BCUT2D eigenvalue weighted by Crippen LogP contribution is 2.67. The first-order valence-corrected chi connectivity index (χ1v) is 14.0. The summed E-state index contributed by atoms with van der Waals surface area (Å²) in [6.45, 7) is 7.37. The van der Waals surface area contributed by atoms with E-state index in [2.05, 4.69) is 12.2 Å². The average molecular weight is 518 g/mol. The maximum Gasteiger partial charge on any atom is 0.306 e. The van der Waals surface area contributed by atoms with Gasteiger partial charge in [0.05, 0.1) is 12.5 Å². The second kappa shape index (κ2) is 10.3. The van der Waals surface area contributed by atoms with Crippen LogP contribution in [0.15, 0.2) is 11.6 Å². The average Bonchev–Trinajstić information content (AvgIpc) is 3.12. The lowest BCUT2D eigenvalue weighted by atomic mass is 9.45. The van der Waals surface area contributed by atoms with Crippen molar-refractivity contribution in [1.29, 1.82) is 0 Å². The van der Waals surface area contributed by atoms with Gasteiger partial charge in [0.25, 0.3) is 0 Å². The summed E-state index contributed by atoms with van der Waals surface area (Å²) in [5, 5.41) is 26.0. The zero-order valence-electron chi connectivity index (χ0n) is 22.7. The molecule has 37 heavy (non-hydrogen) atoms. The zero-order chi connectivity index (χ0) is 27.2. The normalized spacial score (nSPS) is 39.5. The Hall–Kier alpha value is -2.06. The molecule has 0 saturated heterocycles. The van der Waals surface area contributed by atoms with Crippen LogP contribution in [0.4, 0.5) is 0 Å². The second-order valence-electron chi connectivity index (χ2n) is 12.4. The molecule has 4 rings (SSSR count). The molecule has 3 fully saturated rings. The molecular formula is C29H43NO7. The summed E-state index contributed by atoms with van der Waals surface area (Å²) in [5.74, 6) is -1.06. The molecule has 8 atom stereocenters. The largest absolute Gasteiger partial charge is 0.458 e. The van der Waals surface area contributed by atoms with Crippen LogP contribution >= 0.6 is 0 Å².